The lowest BCUT2D eigenvalue weighted by molar-refractivity contribution is -0.187. The normalized spacial score (nSPS) is 18.3. The number of aromatic nitrogens is 1. The number of ether oxygens (including phenoxy) is 2. The Labute approximate surface area is 103 Å². The van der Waals surface area contributed by atoms with Crippen LogP contribution in [-0.4, -0.2) is 29.4 Å². The number of hydrogen-bond acceptors (Lipinski definition) is 4. The smallest absolute Gasteiger partial charge is 0.153 e. The van der Waals surface area contributed by atoms with Crippen LogP contribution in [0.3, 0.4) is 0 Å². The largest absolute Gasteiger partial charge is 0.491 e. The summed E-state index contributed by atoms with van der Waals surface area (Å²) >= 11 is 3.31. The van der Waals surface area contributed by atoms with E-state index in [1.165, 1.54) is 0 Å². The first kappa shape index (κ1) is 11.8. The Morgan fingerprint density at radius 2 is 2.19 bits per heavy atom. The molecule has 1 aromatic heterocycles. The van der Waals surface area contributed by atoms with Gasteiger partial charge in [-0.2, -0.15) is 0 Å². The van der Waals surface area contributed by atoms with Crippen molar-refractivity contribution in [2.24, 2.45) is 0 Å². The van der Waals surface area contributed by atoms with Gasteiger partial charge in [-0.15, -0.1) is 0 Å². The fourth-order valence-corrected chi connectivity index (χ4v) is 1.91. The summed E-state index contributed by atoms with van der Waals surface area (Å²) in [6.07, 6.45) is 0.0921. The van der Waals surface area contributed by atoms with Gasteiger partial charge in [0.15, 0.2) is 5.60 Å². The Hall–Kier alpha value is -0.650. The van der Waals surface area contributed by atoms with Gasteiger partial charge in [0.1, 0.15) is 10.4 Å². The molecule has 0 amide bonds. The van der Waals surface area contributed by atoms with Crippen LogP contribution in [0.1, 0.15) is 19.5 Å². The maximum absolute atomic E-state index is 10.1. The maximum atomic E-state index is 10.1. The second kappa shape index (κ2) is 4.31. The summed E-state index contributed by atoms with van der Waals surface area (Å²) in [7, 11) is 0. The molecular formula is C11H14BrNO3. The summed E-state index contributed by atoms with van der Waals surface area (Å²) in [5, 5.41) is 10.1. The highest BCUT2D eigenvalue weighted by atomic mass is 79.9. The molecule has 16 heavy (non-hydrogen) atoms. The minimum absolute atomic E-state index is 0.0921. The highest BCUT2D eigenvalue weighted by Crippen LogP contribution is 2.31. The van der Waals surface area contributed by atoms with Gasteiger partial charge < -0.3 is 14.6 Å². The zero-order valence-corrected chi connectivity index (χ0v) is 10.8. The number of halogens is 1. The number of hydrogen-bond donors (Lipinski definition) is 1. The minimum Gasteiger partial charge on any atom is -0.491 e. The van der Waals surface area contributed by atoms with E-state index in [4.69, 9.17) is 9.47 Å². The molecule has 0 radical (unpaired) electrons. The van der Waals surface area contributed by atoms with Crippen molar-refractivity contribution >= 4 is 15.9 Å². The molecule has 0 atom stereocenters. The van der Waals surface area contributed by atoms with Crippen molar-refractivity contribution in [3.05, 3.63) is 22.4 Å². The third-order valence-electron chi connectivity index (χ3n) is 2.30. The van der Waals surface area contributed by atoms with Gasteiger partial charge in [-0.25, -0.2) is 4.98 Å². The van der Waals surface area contributed by atoms with Crippen LogP contribution in [0.2, 0.25) is 0 Å². The third kappa shape index (κ3) is 2.36. The molecule has 2 rings (SSSR count). The second-order valence-electron chi connectivity index (χ2n) is 4.20. The summed E-state index contributed by atoms with van der Waals surface area (Å²) in [4.78, 5) is 4.24. The molecule has 4 nitrogen and oxygen atoms in total. The van der Waals surface area contributed by atoms with Crippen molar-refractivity contribution < 1.29 is 14.6 Å². The lowest BCUT2D eigenvalue weighted by Gasteiger charge is -2.35. The van der Waals surface area contributed by atoms with Gasteiger partial charge in [0.2, 0.25) is 0 Å². The first-order chi connectivity index (χ1) is 7.49. The fraction of sp³-hybridized carbons (Fsp3) is 0.545. The van der Waals surface area contributed by atoms with E-state index in [9.17, 15) is 5.11 Å². The molecule has 0 saturated carbocycles. The van der Waals surface area contributed by atoms with Gasteiger partial charge in [0, 0.05) is 12.1 Å². The summed E-state index contributed by atoms with van der Waals surface area (Å²) in [5.74, 6) is 0.701. The molecule has 1 saturated heterocycles. The van der Waals surface area contributed by atoms with Crippen molar-refractivity contribution in [2.45, 2.75) is 25.6 Å². The van der Waals surface area contributed by atoms with Crippen LogP contribution in [0, 0.1) is 0 Å². The predicted octanol–water partition coefficient (Wildman–Crippen LogP) is 1.85. The van der Waals surface area contributed by atoms with Crippen LogP contribution in [0.15, 0.2) is 16.7 Å². The predicted molar refractivity (Wildman–Crippen MR) is 62.4 cm³/mol. The molecule has 5 heteroatoms. The van der Waals surface area contributed by atoms with Crippen molar-refractivity contribution in [3.8, 4) is 5.75 Å². The molecule has 1 fully saturated rings. The Morgan fingerprint density at radius 3 is 2.69 bits per heavy atom. The molecule has 0 aromatic carbocycles. The van der Waals surface area contributed by atoms with Gasteiger partial charge in [0.25, 0.3) is 0 Å². The molecule has 1 aliphatic rings. The molecule has 0 unspecified atom stereocenters. The molecule has 0 aliphatic carbocycles. The maximum Gasteiger partial charge on any atom is 0.153 e. The van der Waals surface area contributed by atoms with Crippen molar-refractivity contribution in [1.82, 2.24) is 4.98 Å². The molecule has 1 aromatic rings. The van der Waals surface area contributed by atoms with E-state index < -0.39 is 5.60 Å². The van der Waals surface area contributed by atoms with E-state index in [-0.39, 0.29) is 19.3 Å². The van der Waals surface area contributed by atoms with E-state index in [1.807, 2.05) is 13.8 Å². The Kier molecular flexibility index (Phi) is 3.19. The summed E-state index contributed by atoms with van der Waals surface area (Å²) in [6, 6.07) is 3.54. The van der Waals surface area contributed by atoms with Gasteiger partial charge >= 0.3 is 0 Å². The monoisotopic (exact) mass is 287 g/mol. The molecule has 88 valence electrons. The van der Waals surface area contributed by atoms with E-state index >= 15 is 0 Å². The highest BCUT2D eigenvalue weighted by Gasteiger charge is 2.40. The van der Waals surface area contributed by atoms with E-state index in [2.05, 4.69) is 20.9 Å². The van der Waals surface area contributed by atoms with Crippen LogP contribution in [0.25, 0.3) is 0 Å². The lowest BCUT2D eigenvalue weighted by atomic mass is 9.97. The molecule has 2 heterocycles. The second-order valence-corrected chi connectivity index (χ2v) is 5.01. The minimum atomic E-state index is -0.959. The number of nitrogens with zero attached hydrogens (tertiary/aromatic N) is 1. The van der Waals surface area contributed by atoms with Crippen LogP contribution in [0.5, 0.6) is 5.75 Å². The lowest BCUT2D eigenvalue weighted by Crippen LogP contribution is -2.47. The third-order valence-corrected chi connectivity index (χ3v) is 2.70. The number of aliphatic hydroxyl groups is 1. The van der Waals surface area contributed by atoms with Gasteiger partial charge in [-0.3, -0.25) is 0 Å². The first-order valence-corrected chi connectivity index (χ1v) is 5.94. The van der Waals surface area contributed by atoms with Crippen molar-refractivity contribution in [2.75, 3.05) is 13.2 Å². The van der Waals surface area contributed by atoms with Crippen molar-refractivity contribution in [1.29, 1.82) is 0 Å². The quantitative estimate of drug-likeness (QED) is 0.862. The first-order valence-electron chi connectivity index (χ1n) is 5.14. The van der Waals surface area contributed by atoms with Crippen molar-refractivity contribution in [3.63, 3.8) is 0 Å². The zero-order valence-electron chi connectivity index (χ0n) is 9.24. The van der Waals surface area contributed by atoms with Crippen LogP contribution >= 0.6 is 15.9 Å². The van der Waals surface area contributed by atoms with E-state index in [0.717, 1.165) is 0 Å². The van der Waals surface area contributed by atoms with Gasteiger partial charge in [0.05, 0.1) is 25.0 Å². The van der Waals surface area contributed by atoms with Crippen LogP contribution < -0.4 is 4.74 Å². The average Bonchev–Trinajstić information content (AvgIpc) is 2.12. The summed E-state index contributed by atoms with van der Waals surface area (Å²) in [5.41, 5.74) is -0.373. The number of rotatable bonds is 3. The van der Waals surface area contributed by atoms with Crippen LogP contribution in [0.4, 0.5) is 0 Å². The van der Waals surface area contributed by atoms with E-state index in [1.54, 1.807) is 12.1 Å². The fourth-order valence-electron chi connectivity index (χ4n) is 1.50. The molecule has 0 spiro atoms. The summed E-state index contributed by atoms with van der Waals surface area (Å²) < 4.78 is 11.2. The Bertz CT molecular complexity index is 391. The SMILES string of the molecule is CC(C)Oc1cc(Br)nc(C2(O)COC2)c1. The molecular weight excluding hydrogens is 274 g/mol. The van der Waals surface area contributed by atoms with Gasteiger partial charge in [-0.1, -0.05) is 0 Å². The standard InChI is InChI=1S/C11H14BrNO3/c1-7(2)16-8-3-9(13-10(12)4-8)11(14)5-15-6-11/h3-4,7,14H,5-6H2,1-2H3. The van der Waals surface area contributed by atoms with Gasteiger partial charge in [-0.05, 0) is 29.8 Å². The molecule has 1 N–H and O–H groups in total. The summed E-state index contributed by atoms with van der Waals surface area (Å²) in [6.45, 7) is 4.49. The Balaban J connectivity index is 2.28. The highest BCUT2D eigenvalue weighted by molar-refractivity contribution is 9.10. The average molecular weight is 288 g/mol. The van der Waals surface area contributed by atoms with Crippen LogP contribution in [-0.2, 0) is 10.3 Å². The topological polar surface area (TPSA) is 51.6 Å². The van der Waals surface area contributed by atoms with E-state index in [0.29, 0.717) is 16.0 Å². The number of pyridine rings is 1. The Morgan fingerprint density at radius 1 is 1.50 bits per heavy atom. The molecule has 1 aliphatic heterocycles. The zero-order chi connectivity index (χ0) is 11.8. The molecule has 0 bridgehead atoms.